The minimum Gasteiger partial charge on any atom is -0.319 e. The zero-order valence-electron chi connectivity index (χ0n) is 16.0. The predicted molar refractivity (Wildman–Crippen MR) is 101 cm³/mol. The second-order valence-electron chi connectivity index (χ2n) is 8.54. The maximum atomic E-state index is 13.5. The summed E-state index contributed by atoms with van der Waals surface area (Å²) in [6, 6.07) is 3.45. The number of nitrogens with zero attached hydrogens (tertiary/aromatic N) is 3. The van der Waals surface area contributed by atoms with E-state index in [1.165, 1.54) is 18.6 Å². The van der Waals surface area contributed by atoms with E-state index in [2.05, 4.69) is 15.3 Å². The van der Waals surface area contributed by atoms with Gasteiger partial charge in [-0.2, -0.15) is 13.2 Å². The zero-order valence-corrected chi connectivity index (χ0v) is 16.0. The average Bonchev–Trinajstić information content (AvgIpc) is 2.67. The molecule has 2 aliphatic carbocycles. The van der Waals surface area contributed by atoms with E-state index in [4.69, 9.17) is 0 Å². The molecule has 5 nitrogen and oxygen atoms in total. The molecule has 4 bridgehead atoms. The number of rotatable bonds is 2. The van der Waals surface area contributed by atoms with Crippen LogP contribution in [0.3, 0.4) is 0 Å². The van der Waals surface area contributed by atoms with Crippen molar-refractivity contribution < 1.29 is 22.4 Å². The number of carbonyl (C=O) groups excluding carboxylic acids is 1. The highest BCUT2D eigenvalue weighted by Crippen LogP contribution is 2.49. The third kappa shape index (κ3) is 3.40. The van der Waals surface area contributed by atoms with Crippen molar-refractivity contribution in [3.63, 3.8) is 0 Å². The van der Waals surface area contributed by atoms with Crippen molar-refractivity contribution in [2.24, 2.45) is 11.8 Å². The molecule has 3 heterocycles. The highest BCUT2D eigenvalue weighted by Gasteiger charge is 2.48. The van der Waals surface area contributed by atoms with Gasteiger partial charge in [0.05, 0.1) is 18.0 Å². The molecule has 2 aliphatic heterocycles. The van der Waals surface area contributed by atoms with Crippen LogP contribution in [0.25, 0.3) is 11.4 Å². The second-order valence-corrected chi connectivity index (χ2v) is 8.54. The van der Waals surface area contributed by atoms with Gasteiger partial charge in [-0.1, -0.05) is 0 Å². The number of hydrogen-bond acceptors (Lipinski definition) is 3. The van der Waals surface area contributed by atoms with Crippen LogP contribution >= 0.6 is 0 Å². The van der Waals surface area contributed by atoms with Crippen LogP contribution < -0.4 is 5.32 Å². The molecule has 0 spiro atoms. The van der Waals surface area contributed by atoms with Gasteiger partial charge in [0.15, 0.2) is 11.6 Å². The quantitative estimate of drug-likeness (QED) is 0.688. The minimum atomic E-state index is -4.64. The lowest BCUT2D eigenvalue weighted by atomic mass is 9.64. The van der Waals surface area contributed by atoms with Gasteiger partial charge in [-0.3, -0.25) is 0 Å². The van der Waals surface area contributed by atoms with Crippen LogP contribution in [0, 0.1) is 17.7 Å². The summed E-state index contributed by atoms with van der Waals surface area (Å²) in [6.45, 7) is 0. The molecule has 30 heavy (non-hydrogen) atoms. The second kappa shape index (κ2) is 6.92. The number of nitrogens with one attached hydrogen (secondary N) is 1. The first-order valence-electron chi connectivity index (χ1n) is 10.1. The van der Waals surface area contributed by atoms with Crippen molar-refractivity contribution in [2.75, 3.05) is 5.32 Å². The summed E-state index contributed by atoms with van der Waals surface area (Å²) in [6.07, 6.45) is 2.25. The molecule has 2 aromatic rings. The van der Waals surface area contributed by atoms with E-state index in [1.807, 2.05) is 4.90 Å². The molecule has 1 aromatic heterocycles. The number of hydrogen-bond donors (Lipinski definition) is 1. The van der Waals surface area contributed by atoms with Crippen LogP contribution in [0.4, 0.5) is 28.0 Å². The number of amides is 2. The fourth-order valence-electron chi connectivity index (χ4n) is 5.56. The van der Waals surface area contributed by atoms with Gasteiger partial charge in [-0.15, -0.1) is 0 Å². The Morgan fingerprint density at radius 2 is 1.60 bits per heavy atom. The molecule has 2 saturated carbocycles. The van der Waals surface area contributed by atoms with Gasteiger partial charge in [0.25, 0.3) is 0 Å². The molecule has 2 saturated heterocycles. The maximum absolute atomic E-state index is 13.5. The van der Waals surface area contributed by atoms with Gasteiger partial charge in [0.2, 0.25) is 0 Å². The SMILES string of the molecule is O=C(Nc1ccc(C(F)(F)F)c(-c2ncc(F)cn2)c1)N1C2CC3CC(C2)CC1C3. The van der Waals surface area contributed by atoms with Crippen LogP contribution in [0.5, 0.6) is 0 Å². The standard InChI is InChI=1S/C21H20F4N4O/c22-13-9-26-19(27-10-13)17-8-14(1-2-18(17)21(23,24)25)28-20(30)29-15-4-11-3-12(6-15)7-16(29)5-11/h1-2,8-12,15-16H,3-7H2,(H,28,30). The normalized spacial score (nSPS) is 27.4. The first-order valence-corrected chi connectivity index (χ1v) is 10.1. The lowest BCUT2D eigenvalue weighted by molar-refractivity contribution is -0.137. The molecule has 2 amide bonds. The lowest BCUT2D eigenvalue weighted by Gasteiger charge is -2.56. The van der Waals surface area contributed by atoms with Crippen LogP contribution in [-0.4, -0.2) is 33.0 Å². The minimum absolute atomic E-state index is 0.204. The molecule has 6 rings (SSSR count). The summed E-state index contributed by atoms with van der Waals surface area (Å²) in [4.78, 5) is 22.2. The Kier molecular flexibility index (Phi) is 4.44. The number of urea groups is 1. The molecule has 0 radical (unpaired) electrons. The van der Waals surface area contributed by atoms with Gasteiger partial charge in [0, 0.05) is 23.3 Å². The van der Waals surface area contributed by atoms with Crippen molar-refractivity contribution in [3.05, 3.63) is 42.0 Å². The topological polar surface area (TPSA) is 58.1 Å². The van der Waals surface area contributed by atoms with E-state index in [1.54, 1.807) is 0 Å². The van der Waals surface area contributed by atoms with Crippen molar-refractivity contribution in [1.29, 1.82) is 0 Å². The van der Waals surface area contributed by atoms with Crippen molar-refractivity contribution >= 4 is 11.7 Å². The van der Waals surface area contributed by atoms with Gasteiger partial charge < -0.3 is 10.2 Å². The highest BCUT2D eigenvalue weighted by atomic mass is 19.4. The van der Waals surface area contributed by atoms with Gasteiger partial charge in [-0.05, 0) is 62.1 Å². The lowest BCUT2D eigenvalue weighted by Crippen LogP contribution is -2.60. The number of aromatic nitrogens is 2. The smallest absolute Gasteiger partial charge is 0.319 e. The Bertz CT molecular complexity index is 948. The Labute approximate surface area is 170 Å². The zero-order chi connectivity index (χ0) is 21.0. The molecule has 4 aliphatic rings. The van der Waals surface area contributed by atoms with Gasteiger partial charge in [0.1, 0.15) is 0 Å². The summed E-state index contributed by atoms with van der Waals surface area (Å²) in [5, 5.41) is 2.76. The van der Waals surface area contributed by atoms with E-state index in [9.17, 15) is 22.4 Å². The third-order valence-electron chi connectivity index (χ3n) is 6.55. The molecule has 0 unspecified atom stereocenters. The summed E-state index contributed by atoms with van der Waals surface area (Å²) in [5.41, 5.74) is -1.02. The Morgan fingerprint density at radius 3 is 2.17 bits per heavy atom. The Balaban J connectivity index is 1.43. The van der Waals surface area contributed by atoms with Crippen LogP contribution in [0.2, 0.25) is 0 Å². The summed E-state index contributed by atoms with van der Waals surface area (Å²) in [5.74, 6) is 0.371. The van der Waals surface area contributed by atoms with E-state index in [0.717, 1.165) is 44.1 Å². The number of alkyl halides is 3. The van der Waals surface area contributed by atoms with E-state index >= 15 is 0 Å². The van der Waals surface area contributed by atoms with Crippen LogP contribution in [0.1, 0.15) is 37.7 Å². The molecule has 158 valence electrons. The van der Waals surface area contributed by atoms with Crippen molar-refractivity contribution in [2.45, 2.75) is 50.4 Å². The first kappa shape index (κ1) is 19.3. The van der Waals surface area contributed by atoms with Gasteiger partial charge in [-0.25, -0.2) is 19.2 Å². The van der Waals surface area contributed by atoms with Crippen LogP contribution in [-0.2, 0) is 6.18 Å². The average molecular weight is 420 g/mol. The Hall–Kier alpha value is -2.71. The molecule has 1 aromatic carbocycles. The summed E-state index contributed by atoms with van der Waals surface area (Å²) in [7, 11) is 0. The first-order chi connectivity index (χ1) is 14.3. The van der Waals surface area contributed by atoms with E-state index < -0.39 is 17.6 Å². The molecule has 4 fully saturated rings. The molecular weight excluding hydrogens is 400 g/mol. The monoisotopic (exact) mass is 420 g/mol. The van der Waals surface area contributed by atoms with Crippen LogP contribution in [0.15, 0.2) is 30.6 Å². The number of benzene rings is 1. The number of piperidine rings is 2. The molecule has 1 N–H and O–H groups in total. The Morgan fingerprint density at radius 1 is 1.00 bits per heavy atom. The van der Waals surface area contributed by atoms with Gasteiger partial charge >= 0.3 is 12.2 Å². The summed E-state index contributed by atoms with van der Waals surface area (Å²) >= 11 is 0. The number of carbonyl (C=O) groups is 1. The van der Waals surface area contributed by atoms with Crippen molar-refractivity contribution in [3.8, 4) is 11.4 Å². The molecule has 0 atom stereocenters. The van der Waals surface area contributed by atoms with Crippen molar-refractivity contribution in [1.82, 2.24) is 14.9 Å². The molecular formula is C21H20F4N4O. The molecule has 9 heteroatoms. The summed E-state index contributed by atoms with van der Waals surface area (Å²) < 4.78 is 53.5. The van der Waals surface area contributed by atoms with E-state index in [-0.39, 0.29) is 35.2 Å². The number of anilines is 1. The van der Waals surface area contributed by atoms with E-state index in [0.29, 0.717) is 11.8 Å². The number of halogens is 4. The highest BCUT2D eigenvalue weighted by molar-refractivity contribution is 5.91. The predicted octanol–water partition coefficient (Wildman–Crippen LogP) is 5.10. The maximum Gasteiger partial charge on any atom is 0.417 e. The fraction of sp³-hybridized carbons (Fsp3) is 0.476. The third-order valence-corrected chi connectivity index (χ3v) is 6.55. The fourth-order valence-corrected chi connectivity index (χ4v) is 5.56. The largest absolute Gasteiger partial charge is 0.417 e.